The van der Waals surface area contributed by atoms with E-state index in [1.54, 1.807) is 0 Å². The van der Waals surface area contributed by atoms with Gasteiger partial charge in [-0.2, -0.15) is 0 Å². The first kappa shape index (κ1) is 48.8. The summed E-state index contributed by atoms with van der Waals surface area (Å²) in [5.41, 5.74) is 4.75. The second-order valence-electron chi connectivity index (χ2n) is 13.1. The summed E-state index contributed by atoms with van der Waals surface area (Å²) in [7, 11) is 0. The average Bonchev–Trinajstić information content (AvgIpc) is 3.76. The molecule has 1 heterocycles. The van der Waals surface area contributed by atoms with Crippen molar-refractivity contribution in [1.29, 1.82) is 0 Å². The third kappa shape index (κ3) is 20.1. The fraction of sp³-hybridized carbons (Fsp3) is 0.605. The number of benzene rings is 2. The van der Waals surface area contributed by atoms with Gasteiger partial charge in [0.05, 0.1) is 152 Å². The molecule has 3 amide bonds. The minimum atomic E-state index is -0.459. The van der Waals surface area contributed by atoms with Crippen LogP contribution in [0.4, 0.5) is 4.79 Å². The number of nitrogens with zero attached hydrogens (tertiary/aromatic N) is 1. The molecular formula is C43H62N2O15. The molecule has 0 saturated heterocycles. The maximum Gasteiger partial charge on any atom is 0.407 e. The maximum absolute atomic E-state index is 12.3. The van der Waals surface area contributed by atoms with E-state index in [4.69, 9.17) is 56.8 Å². The van der Waals surface area contributed by atoms with Gasteiger partial charge in [0, 0.05) is 24.6 Å². The molecule has 17 heteroatoms. The van der Waals surface area contributed by atoms with Gasteiger partial charge in [-0.25, -0.2) is 4.79 Å². The highest BCUT2D eigenvalue weighted by Crippen LogP contribution is 2.44. The van der Waals surface area contributed by atoms with Gasteiger partial charge in [0.2, 0.25) is 0 Å². The fourth-order valence-electron chi connectivity index (χ4n) is 5.98. The van der Waals surface area contributed by atoms with E-state index in [1.807, 2.05) is 24.3 Å². The molecular weight excluding hydrogens is 784 g/mol. The molecule has 0 unspecified atom stereocenters. The lowest BCUT2D eigenvalue weighted by Gasteiger charge is -2.14. The van der Waals surface area contributed by atoms with Crippen molar-refractivity contribution in [3.05, 3.63) is 71.8 Å². The van der Waals surface area contributed by atoms with E-state index in [0.29, 0.717) is 145 Å². The third-order valence-corrected chi connectivity index (χ3v) is 8.94. The van der Waals surface area contributed by atoms with Gasteiger partial charge in [-0.1, -0.05) is 48.5 Å². The Morgan fingerprint density at radius 1 is 0.450 bits per heavy atom. The predicted octanol–water partition coefficient (Wildman–Crippen LogP) is 2.63. The molecule has 1 N–H and O–H groups in total. The topological polar surface area (TPSA) is 177 Å². The average molecular weight is 847 g/mol. The highest BCUT2D eigenvalue weighted by molar-refractivity contribution is 6.12. The van der Waals surface area contributed by atoms with E-state index in [2.05, 4.69) is 29.6 Å². The molecule has 60 heavy (non-hydrogen) atoms. The Balaban J connectivity index is 0.767. The molecule has 0 atom stereocenters. The number of imide groups is 1. The zero-order valence-electron chi connectivity index (χ0n) is 34.6. The molecule has 2 aliphatic rings. The number of nitrogens with one attached hydrogen (secondary N) is 1. The van der Waals surface area contributed by atoms with Crippen molar-refractivity contribution in [3.8, 4) is 11.1 Å². The first-order valence-corrected chi connectivity index (χ1v) is 20.6. The lowest BCUT2D eigenvalue weighted by atomic mass is 9.98. The van der Waals surface area contributed by atoms with Gasteiger partial charge in [0.15, 0.2) is 0 Å². The lowest BCUT2D eigenvalue weighted by Crippen LogP contribution is -2.33. The van der Waals surface area contributed by atoms with Crippen molar-refractivity contribution in [1.82, 2.24) is 10.2 Å². The van der Waals surface area contributed by atoms with Gasteiger partial charge in [-0.15, -0.1) is 0 Å². The number of ether oxygens (including phenoxy) is 12. The van der Waals surface area contributed by atoms with Crippen LogP contribution >= 0.6 is 0 Å². The molecule has 4 rings (SSSR count). The van der Waals surface area contributed by atoms with Gasteiger partial charge >= 0.3 is 6.09 Å². The van der Waals surface area contributed by atoms with Gasteiger partial charge in [0.25, 0.3) is 11.8 Å². The molecule has 0 bridgehead atoms. The summed E-state index contributed by atoms with van der Waals surface area (Å²) in [5, 5.41) is 2.74. The number of alkyl carbamates (subject to hydrolysis) is 1. The molecule has 0 spiro atoms. The lowest BCUT2D eigenvalue weighted by molar-refractivity contribution is -0.137. The van der Waals surface area contributed by atoms with E-state index >= 15 is 0 Å². The second kappa shape index (κ2) is 31.9. The number of hydrogen-bond acceptors (Lipinski definition) is 15. The van der Waals surface area contributed by atoms with Crippen molar-refractivity contribution in [2.45, 2.75) is 5.92 Å². The van der Waals surface area contributed by atoms with Gasteiger partial charge < -0.3 is 62.2 Å². The third-order valence-electron chi connectivity index (χ3n) is 8.94. The van der Waals surface area contributed by atoms with Crippen molar-refractivity contribution in [2.24, 2.45) is 0 Å². The predicted molar refractivity (Wildman–Crippen MR) is 218 cm³/mol. The van der Waals surface area contributed by atoms with Crippen LogP contribution in [-0.4, -0.2) is 188 Å². The van der Waals surface area contributed by atoms with Gasteiger partial charge in [-0.3, -0.25) is 14.5 Å². The minimum absolute atomic E-state index is 0.0301. The van der Waals surface area contributed by atoms with Crippen molar-refractivity contribution in [3.63, 3.8) is 0 Å². The zero-order chi connectivity index (χ0) is 42.1. The van der Waals surface area contributed by atoms with Crippen LogP contribution in [0.15, 0.2) is 60.7 Å². The van der Waals surface area contributed by atoms with Crippen LogP contribution in [0.5, 0.6) is 0 Å². The van der Waals surface area contributed by atoms with Crippen LogP contribution in [0.3, 0.4) is 0 Å². The summed E-state index contributed by atoms with van der Waals surface area (Å²) < 4.78 is 65.8. The Morgan fingerprint density at radius 3 is 1.13 bits per heavy atom. The maximum atomic E-state index is 12.3. The van der Waals surface area contributed by atoms with Crippen LogP contribution in [0, 0.1) is 0 Å². The van der Waals surface area contributed by atoms with Crippen LogP contribution in [0.1, 0.15) is 17.0 Å². The standard InChI is InChI=1S/C43H62N2O15/c46-41-9-10-42(47)45(41)12-14-50-16-18-52-20-22-54-24-26-56-28-30-58-32-34-59-33-31-57-29-27-55-25-23-53-21-19-51-17-15-49-13-11-44-43(48)60-35-40-38-7-3-1-5-36(38)37-6-2-4-8-39(37)40/h1-10,40H,11-35H2,(H,44,48). The van der Waals surface area contributed by atoms with Crippen molar-refractivity contribution < 1.29 is 71.2 Å². The normalized spacial score (nSPS) is 13.4. The number of hydrogen-bond donors (Lipinski definition) is 1. The molecule has 334 valence electrons. The van der Waals surface area contributed by atoms with Crippen LogP contribution in [-0.2, 0) is 66.4 Å². The SMILES string of the molecule is O=C(NCCOCCOCCOCCOCCOCCOCCOCCOCCOCCOCCOCCN1C(=O)C=CC1=O)OCC1c2ccccc2-c2ccccc21. The Kier molecular flexibility index (Phi) is 26.0. The largest absolute Gasteiger partial charge is 0.449 e. The molecule has 17 nitrogen and oxygen atoms in total. The number of amides is 3. The van der Waals surface area contributed by atoms with E-state index < -0.39 is 6.09 Å². The molecule has 0 aromatic heterocycles. The highest BCUT2D eigenvalue weighted by atomic mass is 16.6. The summed E-state index contributed by atoms with van der Waals surface area (Å²) in [6.07, 6.45) is 2.05. The zero-order valence-corrected chi connectivity index (χ0v) is 34.6. The molecule has 0 radical (unpaired) electrons. The number of rotatable bonds is 38. The first-order valence-electron chi connectivity index (χ1n) is 20.6. The van der Waals surface area contributed by atoms with Gasteiger partial charge in [-0.05, 0) is 22.3 Å². The van der Waals surface area contributed by atoms with E-state index in [1.165, 1.54) is 34.4 Å². The fourth-order valence-corrected chi connectivity index (χ4v) is 5.98. The number of carbonyl (C=O) groups excluding carboxylic acids is 3. The second-order valence-corrected chi connectivity index (χ2v) is 13.1. The smallest absolute Gasteiger partial charge is 0.407 e. The molecule has 1 aliphatic carbocycles. The van der Waals surface area contributed by atoms with Crippen molar-refractivity contribution >= 4 is 17.9 Å². The van der Waals surface area contributed by atoms with Gasteiger partial charge in [0.1, 0.15) is 6.61 Å². The van der Waals surface area contributed by atoms with Crippen LogP contribution < -0.4 is 5.32 Å². The minimum Gasteiger partial charge on any atom is -0.449 e. The Bertz CT molecular complexity index is 1450. The molecule has 2 aromatic carbocycles. The molecule has 2 aromatic rings. The Morgan fingerprint density at radius 2 is 0.767 bits per heavy atom. The quantitative estimate of drug-likeness (QED) is 0.0771. The van der Waals surface area contributed by atoms with Crippen LogP contribution in [0.25, 0.3) is 11.1 Å². The number of carbonyl (C=O) groups is 3. The van der Waals surface area contributed by atoms with E-state index in [9.17, 15) is 14.4 Å². The Labute approximate surface area is 352 Å². The summed E-state index contributed by atoms with van der Waals surface area (Å²) in [6, 6.07) is 16.5. The van der Waals surface area contributed by atoms with E-state index in [0.717, 1.165) is 4.90 Å². The number of fused-ring (bicyclic) bond motifs is 3. The summed E-state index contributed by atoms with van der Waals surface area (Å²) in [6.45, 7) is 10.5. The monoisotopic (exact) mass is 846 g/mol. The van der Waals surface area contributed by atoms with Crippen LogP contribution in [0.2, 0.25) is 0 Å². The molecule has 1 aliphatic heterocycles. The molecule has 0 saturated carbocycles. The highest BCUT2D eigenvalue weighted by Gasteiger charge is 2.29. The summed E-state index contributed by atoms with van der Waals surface area (Å²) in [5.74, 6) is -0.592. The molecule has 0 fully saturated rings. The Hall–Kier alpha value is -3.85. The summed E-state index contributed by atoms with van der Waals surface area (Å²) in [4.78, 5) is 36.2. The summed E-state index contributed by atoms with van der Waals surface area (Å²) >= 11 is 0. The van der Waals surface area contributed by atoms with Crippen molar-refractivity contribution in [2.75, 3.05) is 165 Å². The van der Waals surface area contributed by atoms with E-state index in [-0.39, 0.29) is 37.5 Å². The first-order chi connectivity index (χ1) is 29.6.